The number of fused-ring (bicyclic) bond motifs is 1. The zero-order valence-corrected chi connectivity index (χ0v) is 28.2. The van der Waals surface area contributed by atoms with Crippen molar-refractivity contribution < 1.29 is 29.0 Å². The molecule has 3 rings (SSSR count). The molecule has 0 aliphatic heterocycles. The van der Waals surface area contributed by atoms with Gasteiger partial charge in [-0.2, -0.15) is 0 Å². The molecule has 3 aromatic rings. The lowest BCUT2D eigenvalue weighted by Crippen LogP contribution is -2.32. The van der Waals surface area contributed by atoms with Crippen LogP contribution in [0.3, 0.4) is 0 Å². The van der Waals surface area contributed by atoms with Crippen LogP contribution < -0.4 is 4.90 Å². The normalized spacial score (nSPS) is 11.0. The summed E-state index contributed by atoms with van der Waals surface area (Å²) in [6.45, 7) is 2.62. The maximum Gasteiger partial charge on any atom is 0.337 e. The van der Waals surface area contributed by atoms with Gasteiger partial charge in [0.15, 0.2) is 0 Å². The van der Waals surface area contributed by atoms with E-state index in [1.165, 1.54) is 102 Å². The van der Waals surface area contributed by atoms with Crippen molar-refractivity contribution >= 4 is 34.3 Å². The smallest absolute Gasteiger partial charge is 0.337 e. The number of aromatic hydroxyl groups is 1. The predicted octanol–water partition coefficient (Wildman–Crippen LogP) is 10.0. The van der Waals surface area contributed by atoms with Crippen LogP contribution in [0.15, 0.2) is 54.6 Å². The minimum Gasteiger partial charge on any atom is -0.506 e. The fourth-order valence-corrected chi connectivity index (χ4v) is 5.98. The zero-order valence-electron chi connectivity index (χ0n) is 28.2. The molecule has 0 unspecified atom stereocenters. The molecule has 0 radical (unpaired) electrons. The number of benzene rings is 3. The van der Waals surface area contributed by atoms with Crippen molar-refractivity contribution in [1.29, 1.82) is 0 Å². The number of hydrogen-bond donors (Lipinski definition) is 1. The van der Waals surface area contributed by atoms with Crippen molar-refractivity contribution in [3.05, 3.63) is 71.3 Å². The van der Waals surface area contributed by atoms with Crippen LogP contribution in [0.5, 0.6) is 5.75 Å². The van der Waals surface area contributed by atoms with Gasteiger partial charge in [0, 0.05) is 17.6 Å². The molecule has 0 heterocycles. The van der Waals surface area contributed by atoms with Gasteiger partial charge in [0.2, 0.25) is 0 Å². The van der Waals surface area contributed by atoms with E-state index in [0.29, 0.717) is 17.6 Å². The molecule has 0 bridgehead atoms. The molecular weight excluding hydrogens is 578 g/mol. The molecule has 0 atom stereocenters. The van der Waals surface area contributed by atoms with Gasteiger partial charge < -0.3 is 19.5 Å². The third-order valence-corrected chi connectivity index (χ3v) is 8.68. The highest BCUT2D eigenvalue weighted by Gasteiger charge is 2.24. The molecule has 3 aromatic carbocycles. The van der Waals surface area contributed by atoms with Crippen LogP contribution >= 0.6 is 0 Å². The van der Waals surface area contributed by atoms with Crippen molar-refractivity contribution in [3.8, 4) is 5.75 Å². The Kier molecular flexibility index (Phi) is 16.1. The van der Waals surface area contributed by atoms with Crippen molar-refractivity contribution in [2.75, 3.05) is 25.7 Å². The Morgan fingerprint density at radius 3 is 1.61 bits per heavy atom. The molecule has 0 spiro atoms. The lowest BCUT2D eigenvalue weighted by Gasteiger charge is -2.25. The number of ether oxygens (including phenoxy) is 2. The summed E-state index contributed by atoms with van der Waals surface area (Å²) in [6.07, 6.45) is 19.9. The fraction of sp³-hybridized carbons (Fsp3) is 0.513. The second kappa shape index (κ2) is 20.3. The minimum atomic E-state index is -0.629. The van der Waals surface area contributed by atoms with Crippen LogP contribution in [0, 0.1) is 0 Å². The largest absolute Gasteiger partial charge is 0.506 e. The zero-order chi connectivity index (χ0) is 33.1. The van der Waals surface area contributed by atoms with Crippen LogP contribution in [0.25, 0.3) is 10.8 Å². The summed E-state index contributed by atoms with van der Waals surface area (Å²) >= 11 is 0. The molecule has 0 saturated carbocycles. The maximum absolute atomic E-state index is 14.0. The summed E-state index contributed by atoms with van der Waals surface area (Å²) in [5.41, 5.74) is 0.779. The number of carbonyl (C=O) groups is 3. The van der Waals surface area contributed by atoms with E-state index < -0.39 is 17.8 Å². The summed E-state index contributed by atoms with van der Waals surface area (Å²) in [7, 11) is 2.53. The van der Waals surface area contributed by atoms with Gasteiger partial charge in [-0.1, -0.05) is 134 Å². The van der Waals surface area contributed by atoms with Gasteiger partial charge in [-0.05, 0) is 36.1 Å². The van der Waals surface area contributed by atoms with E-state index in [1.807, 2.05) is 18.2 Å². The van der Waals surface area contributed by atoms with Gasteiger partial charge in [0.25, 0.3) is 5.91 Å². The van der Waals surface area contributed by atoms with Gasteiger partial charge in [0.1, 0.15) is 5.75 Å². The summed E-state index contributed by atoms with van der Waals surface area (Å²) < 4.78 is 9.82. The molecule has 1 amide bonds. The molecule has 0 aliphatic rings. The number of methoxy groups -OCH3 is 2. The number of nitrogens with zero attached hydrogens (tertiary/aromatic N) is 1. The van der Waals surface area contributed by atoms with E-state index in [2.05, 4.69) is 6.92 Å². The van der Waals surface area contributed by atoms with Gasteiger partial charge >= 0.3 is 11.9 Å². The Balaban J connectivity index is 1.60. The quantitative estimate of drug-likeness (QED) is 0.0929. The second-order valence-corrected chi connectivity index (χ2v) is 12.2. The molecule has 0 fully saturated rings. The summed E-state index contributed by atoms with van der Waals surface area (Å²) in [4.78, 5) is 40.6. The Morgan fingerprint density at radius 1 is 0.630 bits per heavy atom. The highest BCUT2D eigenvalue weighted by molar-refractivity contribution is 6.12. The lowest BCUT2D eigenvalue weighted by molar-refractivity contribution is 0.0598. The Morgan fingerprint density at radius 2 is 1.11 bits per heavy atom. The van der Waals surface area contributed by atoms with Gasteiger partial charge in [-0.25, -0.2) is 9.59 Å². The van der Waals surface area contributed by atoms with Crippen LogP contribution in [-0.4, -0.2) is 43.7 Å². The number of hydrogen-bond acceptors (Lipinski definition) is 6. The average Bonchev–Trinajstić information content (AvgIpc) is 3.08. The molecule has 46 heavy (non-hydrogen) atoms. The van der Waals surface area contributed by atoms with Gasteiger partial charge in [-0.15, -0.1) is 0 Å². The van der Waals surface area contributed by atoms with E-state index >= 15 is 0 Å². The standard InChI is InChI=1S/C39H53NO6/c1-4-5-6-7-8-9-10-11-12-13-14-15-16-17-18-21-26-40(33-28-31(38(43)45-2)27-32(29-33)39(44)46-3)37(42)35-25-24-30-22-19-20-23-34(30)36(35)41/h19-20,22-25,27-29,41H,4-18,21,26H2,1-3H3. The molecular formula is C39H53NO6. The maximum atomic E-state index is 14.0. The molecule has 0 aliphatic carbocycles. The average molecular weight is 632 g/mol. The number of esters is 2. The Bertz CT molecular complexity index is 1370. The fourth-order valence-electron chi connectivity index (χ4n) is 5.98. The predicted molar refractivity (Wildman–Crippen MR) is 186 cm³/mol. The number of anilines is 1. The summed E-state index contributed by atoms with van der Waals surface area (Å²) in [5, 5.41) is 12.5. The summed E-state index contributed by atoms with van der Waals surface area (Å²) in [6, 6.07) is 15.2. The van der Waals surface area contributed by atoms with E-state index in [4.69, 9.17) is 9.47 Å². The SMILES string of the molecule is CCCCCCCCCCCCCCCCCCN(C(=O)c1ccc2ccccc2c1O)c1cc(C(=O)OC)cc(C(=O)OC)c1. The second-order valence-electron chi connectivity index (χ2n) is 12.2. The molecule has 7 nitrogen and oxygen atoms in total. The van der Waals surface area contributed by atoms with E-state index in [0.717, 1.165) is 31.1 Å². The highest BCUT2D eigenvalue weighted by Crippen LogP contribution is 2.32. The Hall–Kier alpha value is -3.87. The minimum absolute atomic E-state index is 0.0996. The first-order chi connectivity index (χ1) is 22.4. The number of amides is 1. The third kappa shape index (κ3) is 11.2. The van der Waals surface area contributed by atoms with E-state index in [-0.39, 0.29) is 22.4 Å². The van der Waals surface area contributed by atoms with Crippen LogP contribution in [0.4, 0.5) is 5.69 Å². The topological polar surface area (TPSA) is 93.1 Å². The molecule has 0 aromatic heterocycles. The summed E-state index contributed by atoms with van der Waals surface area (Å²) in [5.74, 6) is -1.77. The number of unbranched alkanes of at least 4 members (excludes halogenated alkanes) is 15. The number of carbonyl (C=O) groups excluding carboxylic acids is 3. The molecule has 1 N–H and O–H groups in total. The van der Waals surface area contributed by atoms with Gasteiger partial charge in [0.05, 0.1) is 30.9 Å². The first-order valence-corrected chi connectivity index (χ1v) is 17.3. The van der Waals surface area contributed by atoms with E-state index in [1.54, 1.807) is 30.3 Å². The van der Waals surface area contributed by atoms with Crippen LogP contribution in [0.2, 0.25) is 0 Å². The van der Waals surface area contributed by atoms with Crippen LogP contribution in [-0.2, 0) is 9.47 Å². The van der Waals surface area contributed by atoms with Crippen molar-refractivity contribution in [3.63, 3.8) is 0 Å². The van der Waals surface area contributed by atoms with Gasteiger partial charge in [-0.3, -0.25) is 4.79 Å². The first-order valence-electron chi connectivity index (χ1n) is 17.3. The first kappa shape index (κ1) is 36.6. The van der Waals surface area contributed by atoms with Crippen molar-refractivity contribution in [1.82, 2.24) is 0 Å². The van der Waals surface area contributed by atoms with Crippen molar-refractivity contribution in [2.45, 2.75) is 110 Å². The molecule has 250 valence electrons. The van der Waals surface area contributed by atoms with Crippen LogP contribution in [0.1, 0.15) is 141 Å². The monoisotopic (exact) mass is 631 g/mol. The Labute approximate surface area is 275 Å². The van der Waals surface area contributed by atoms with E-state index in [9.17, 15) is 19.5 Å². The molecule has 0 saturated heterocycles. The lowest BCUT2D eigenvalue weighted by atomic mass is 10.0. The number of rotatable bonds is 21. The van der Waals surface area contributed by atoms with Crippen molar-refractivity contribution in [2.24, 2.45) is 0 Å². The number of phenols is 1. The third-order valence-electron chi connectivity index (χ3n) is 8.68. The number of phenolic OH excluding ortho intramolecular Hbond substituents is 1. The molecule has 7 heteroatoms. The highest BCUT2D eigenvalue weighted by atomic mass is 16.5.